The third-order valence-electron chi connectivity index (χ3n) is 4.24. The lowest BCUT2D eigenvalue weighted by molar-refractivity contribution is 0.112. The molecule has 0 radical (unpaired) electrons. The number of rotatable bonds is 4. The second-order valence-corrected chi connectivity index (χ2v) is 5.46. The number of benzene rings is 1. The van der Waals surface area contributed by atoms with Crippen LogP contribution in [-0.2, 0) is 0 Å². The van der Waals surface area contributed by atoms with E-state index in [0.29, 0.717) is 6.04 Å². The topological polar surface area (TPSA) is 23.6 Å². The summed E-state index contributed by atoms with van der Waals surface area (Å²) in [7, 11) is 2.12. The van der Waals surface area contributed by atoms with Crippen LogP contribution in [0.4, 0.5) is 5.69 Å². The molecule has 1 aromatic carbocycles. The first-order chi connectivity index (χ1) is 9.15. The Morgan fingerprint density at radius 2 is 2.05 bits per heavy atom. The van der Waals surface area contributed by atoms with Gasteiger partial charge in [0.1, 0.15) is 0 Å². The molecule has 0 spiro atoms. The quantitative estimate of drug-likeness (QED) is 0.778. The van der Waals surface area contributed by atoms with Crippen LogP contribution >= 0.6 is 0 Å². The maximum Gasteiger partial charge on any atom is 0.152 e. The number of piperidine rings is 1. The molecule has 0 unspecified atom stereocenters. The summed E-state index contributed by atoms with van der Waals surface area (Å²) in [5.74, 6) is 0. The monoisotopic (exact) mass is 260 g/mol. The smallest absolute Gasteiger partial charge is 0.152 e. The standard InChI is InChI=1S/C16H24N2O/c1-4-18-9-7-15(8-10-18)17(3)16-6-5-13(2)11-14(16)12-19/h5-6,11-12,15H,4,7-10H2,1-3H3. The van der Waals surface area contributed by atoms with Gasteiger partial charge < -0.3 is 9.80 Å². The predicted molar refractivity (Wildman–Crippen MR) is 80.1 cm³/mol. The predicted octanol–water partition coefficient (Wildman–Crippen LogP) is 2.73. The van der Waals surface area contributed by atoms with E-state index in [9.17, 15) is 4.79 Å². The highest BCUT2D eigenvalue weighted by molar-refractivity contribution is 5.85. The second-order valence-electron chi connectivity index (χ2n) is 5.46. The molecule has 0 aliphatic carbocycles. The minimum atomic E-state index is 0.546. The molecule has 3 nitrogen and oxygen atoms in total. The Hall–Kier alpha value is -1.35. The fourth-order valence-corrected chi connectivity index (χ4v) is 2.91. The Bertz CT molecular complexity index is 436. The van der Waals surface area contributed by atoms with E-state index in [-0.39, 0.29) is 0 Å². The van der Waals surface area contributed by atoms with Crippen molar-refractivity contribution in [3.63, 3.8) is 0 Å². The van der Waals surface area contributed by atoms with Gasteiger partial charge in [-0.15, -0.1) is 0 Å². The third-order valence-corrected chi connectivity index (χ3v) is 4.24. The molecule has 0 saturated carbocycles. The molecule has 0 amide bonds. The summed E-state index contributed by atoms with van der Waals surface area (Å²) in [6.07, 6.45) is 3.33. The highest BCUT2D eigenvalue weighted by Gasteiger charge is 2.22. The molecular weight excluding hydrogens is 236 g/mol. The van der Waals surface area contributed by atoms with Crippen LogP contribution in [0.25, 0.3) is 0 Å². The molecule has 1 heterocycles. The Morgan fingerprint density at radius 3 is 2.63 bits per heavy atom. The highest BCUT2D eigenvalue weighted by atomic mass is 16.1. The van der Waals surface area contributed by atoms with E-state index >= 15 is 0 Å². The zero-order valence-corrected chi connectivity index (χ0v) is 12.2. The SMILES string of the molecule is CCN1CCC(N(C)c2ccc(C)cc2C=O)CC1. The van der Waals surface area contributed by atoms with Gasteiger partial charge in [0.05, 0.1) is 0 Å². The van der Waals surface area contributed by atoms with Crippen molar-refractivity contribution in [2.24, 2.45) is 0 Å². The van der Waals surface area contributed by atoms with Crippen molar-refractivity contribution in [2.75, 3.05) is 31.6 Å². The Kier molecular flexibility index (Phi) is 4.59. The molecule has 1 aliphatic rings. The summed E-state index contributed by atoms with van der Waals surface area (Å²) >= 11 is 0. The molecule has 1 aliphatic heterocycles. The van der Waals surface area contributed by atoms with E-state index in [1.807, 2.05) is 13.0 Å². The van der Waals surface area contributed by atoms with Gasteiger partial charge in [0.25, 0.3) is 0 Å². The maximum atomic E-state index is 11.2. The molecule has 1 aromatic rings. The van der Waals surface area contributed by atoms with Crippen molar-refractivity contribution in [1.29, 1.82) is 0 Å². The lowest BCUT2D eigenvalue weighted by Gasteiger charge is -2.38. The molecule has 0 atom stereocenters. The van der Waals surface area contributed by atoms with Crippen LogP contribution in [-0.4, -0.2) is 43.9 Å². The maximum absolute atomic E-state index is 11.2. The molecule has 0 bridgehead atoms. The van der Waals surface area contributed by atoms with Gasteiger partial charge in [0.2, 0.25) is 0 Å². The zero-order chi connectivity index (χ0) is 13.8. The number of aryl methyl sites for hydroxylation is 1. The lowest BCUT2D eigenvalue weighted by Crippen LogP contribution is -2.43. The largest absolute Gasteiger partial charge is 0.371 e. The van der Waals surface area contributed by atoms with Crippen molar-refractivity contribution >= 4 is 12.0 Å². The molecule has 104 valence electrons. The lowest BCUT2D eigenvalue weighted by atomic mass is 10.0. The van der Waals surface area contributed by atoms with Crippen LogP contribution in [0.2, 0.25) is 0 Å². The number of hydrogen-bond donors (Lipinski definition) is 0. The van der Waals surface area contributed by atoms with Gasteiger partial charge >= 0.3 is 0 Å². The summed E-state index contributed by atoms with van der Waals surface area (Å²) in [5.41, 5.74) is 3.01. The van der Waals surface area contributed by atoms with Gasteiger partial charge in [-0.05, 0) is 38.4 Å². The van der Waals surface area contributed by atoms with E-state index in [1.54, 1.807) is 0 Å². The number of aldehydes is 1. The first-order valence-corrected chi connectivity index (χ1v) is 7.16. The van der Waals surface area contributed by atoms with Crippen LogP contribution in [0.5, 0.6) is 0 Å². The summed E-state index contributed by atoms with van der Waals surface area (Å²) in [6.45, 7) is 7.70. The highest BCUT2D eigenvalue weighted by Crippen LogP contribution is 2.25. The first-order valence-electron chi connectivity index (χ1n) is 7.16. The van der Waals surface area contributed by atoms with Crippen molar-refractivity contribution < 1.29 is 4.79 Å². The summed E-state index contributed by atoms with van der Waals surface area (Å²) < 4.78 is 0. The van der Waals surface area contributed by atoms with Crippen LogP contribution in [0.15, 0.2) is 18.2 Å². The van der Waals surface area contributed by atoms with E-state index in [0.717, 1.165) is 42.7 Å². The van der Waals surface area contributed by atoms with Gasteiger partial charge in [-0.2, -0.15) is 0 Å². The van der Waals surface area contributed by atoms with E-state index < -0.39 is 0 Å². The van der Waals surface area contributed by atoms with Crippen molar-refractivity contribution in [2.45, 2.75) is 32.7 Å². The molecular formula is C16H24N2O. The third kappa shape index (κ3) is 3.16. The van der Waals surface area contributed by atoms with Crippen molar-refractivity contribution in [1.82, 2.24) is 4.90 Å². The van der Waals surface area contributed by atoms with E-state index in [1.165, 1.54) is 12.8 Å². The molecule has 19 heavy (non-hydrogen) atoms. The Morgan fingerprint density at radius 1 is 1.37 bits per heavy atom. The van der Waals surface area contributed by atoms with Crippen molar-refractivity contribution in [3.8, 4) is 0 Å². The average molecular weight is 260 g/mol. The van der Waals surface area contributed by atoms with E-state index in [2.05, 4.69) is 35.9 Å². The Labute approximate surface area is 116 Å². The first kappa shape index (κ1) is 14.1. The van der Waals surface area contributed by atoms with Gasteiger partial charge in [0, 0.05) is 37.4 Å². The molecule has 2 rings (SSSR count). The fourth-order valence-electron chi connectivity index (χ4n) is 2.91. The molecule has 0 aromatic heterocycles. The Balaban J connectivity index is 2.11. The summed E-state index contributed by atoms with van der Waals surface area (Å²) in [5, 5.41) is 0. The van der Waals surface area contributed by atoms with Gasteiger partial charge in [0.15, 0.2) is 6.29 Å². The average Bonchev–Trinajstić information content (AvgIpc) is 2.46. The number of hydrogen-bond acceptors (Lipinski definition) is 3. The van der Waals surface area contributed by atoms with Gasteiger partial charge in [-0.3, -0.25) is 4.79 Å². The van der Waals surface area contributed by atoms with Crippen molar-refractivity contribution in [3.05, 3.63) is 29.3 Å². The molecule has 3 heteroatoms. The minimum Gasteiger partial charge on any atom is -0.371 e. The number of carbonyl (C=O) groups excluding carboxylic acids is 1. The molecule has 1 saturated heterocycles. The van der Waals surface area contributed by atoms with Crippen LogP contribution in [0, 0.1) is 6.92 Å². The number of nitrogens with zero attached hydrogens (tertiary/aromatic N) is 2. The zero-order valence-electron chi connectivity index (χ0n) is 12.2. The normalized spacial score (nSPS) is 17.4. The van der Waals surface area contributed by atoms with Crippen LogP contribution in [0.1, 0.15) is 35.7 Å². The number of likely N-dealkylation sites (tertiary alicyclic amines) is 1. The fraction of sp³-hybridized carbons (Fsp3) is 0.562. The summed E-state index contributed by atoms with van der Waals surface area (Å²) in [6, 6.07) is 6.68. The minimum absolute atomic E-state index is 0.546. The van der Waals surface area contributed by atoms with E-state index in [4.69, 9.17) is 0 Å². The second kappa shape index (κ2) is 6.20. The van der Waals surface area contributed by atoms with Crippen LogP contribution in [0.3, 0.4) is 0 Å². The van der Waals surface area contributed by atoms with Gasteiger partial charge in [-0.1, -0.05) is 18.6 Å². The molecule has 1 fully saturated rings. The van der Waals surface area contributed by atoms with Crippen LogP contribution < -0.4 is 4.90 Å². The van der Waals surface area contributed by atoms with Gasteiger partial charge in [-0.25, -0.2) is 0 Å². The molecule has 0 N–H and O–H groups in total. The summed E-state index contributed by atoms with van der Waals surface area (Å²) in [4.78, 5) is 16.0. The number of anilines is 1. The number of carbonyl (C=O) groups is 1.